The fourth-order valence-corrected chi connectivity index (χ4v) is 5.84. The van der Waals surface area contributed by atoms with E-state index in [1.54, 1.807) is 0 Å². The molecule has 1 aromatic rings. The summed E-state index contributed by atoms with van der Waals surface area (Å²) < 4.78 is 5.72. The van der Waals surface area contributed by atoms with Crippen molar-refractivity contribution >= 4 is 33.2 Å². The van der Waals surface area contributed by atoms with Crippen molar-refractivity contribution in [2.45, 2.75) is 56.8 Å². The summed E-state index contributed by atoms with van der Waals surface area (Å²) in [5.41, 5.74) is 2.01. The lowest BCUT2D eigenvalue weighted by Crippen LogP contribution is -2.11. The molecule has 1 unspecified atom stereocenters. The Kier molecular flexibility index (Phi) is 7.36. The van der Waals surface area contributed by atoms with Crippen molar-refractivity contribution in [3.63, 3.8) is 0 Å². The van der Waals surface area contributed by atoms with Crippen LogP contribution in [0.4, 0.5) is 5.69 Å². The van der Waals surface area contributed by atoms with E-state index in [9.17, 15) is 4.79 Å². The number of hydrogen-bond donors (Lipinski definition) is 1. The van der Waals surface area contributed by atoms with E-state index in [1.165, 1.54) is 31.4 Å². The van der Waals surface area contributed by atoms with Crippen LogP contribution in [0.1, 0.15) is 50.5 Å². The molecule has 1 N–H and O–H groups in total. The molecule has 1 saturated heterocycles. The molecule has 1 saturated carbocycles. The van der Waals surface area contributed by atoms with Crippen LogP contribution in [0, 0.1) is 5.92 Å². The van der Waals surface area contributed by atoms with Crippen molar-refractivity contribution in [2.75, 3.05) is 17.7 Å². The maximum atomic E-state index is 12.1. The maximum Gasteiger partial charge on any atom is 0.224 e. The van der Waals surface area contributed by atoms with Crippen molar-refractivity contribution in [1.82, 2.24) is 0 Å². The van der Waals surface area contributed by atoms with Crippen LogP contribution in [0.15, 0.2) is 24.3 Å². The number of amides is 1. The molecule has 5 heteroatoms. The first-order valence-electron chi connectivity index (χ1n) is 9.04. The predicted molar refractivity (Wildman–Crippen MR) is 104 cm³/mol. The Morgan fingerprint density at radius 2 is 2.17 bits per heavy atom. The first-order valence-corrected chi connectivity index (χ1v) is 11.4. The second-order valence-electron chi connectivity index (χ2n) is 6.78. The second-order valence-corrected chi connectivity index (χ2v) is 9.57. The van der Waals surface area contributed by atoms with Gasteiger partial charge >= 0.3 is 0 Å². The Labute approximate surface area is 153 Å². The van der Waals surface area contributed by atoms with Gasteiger partial charge in [-0.3, -0.25) is 4.79 Å². The van der Waals surface area contributed by atoms with E-state index >= 15 is 0 Å². The summed E-state index contributed by atoms with van der Waals surface area (Å²) in [7, 11) is 4.01. The fourth-order valence-electron chi connectivity index (χ4n) is 2.81. The quantitative estimate of drug-likeness (QED) is 0.453. The minimum atomic E-state index is 0.125. The third-order valence-corrected chi connectivity index (χ3v) is 7.44. The molecule has 24 heavy (non-hydrogen) atoms. The Balaban J connectivity index is 1.32. The van der Waals surface area contributed by atoms with Gasteiger partial charge in [-0.15, -0.1) is 0 Å². The first-order chi connectivity index (χ1) is 11.8. The normalized spacial score (nSPS) is 20.2. The summed E-state index contributed by atoms with van der Waals surface area (Å²) in [6.07, 6.45) is 7.96. The fraction of sp³-hybridized carbons (Fsp3) is 0.632. The number of unbranched alkanes of at least 4 members (excludes halogenated alkanes) is 1. The van der Waals surface area contributed by atoms with Gasteiger partial charge in [-0.25, -0.2) is 0 Å². The summed E-state index contributed by atoms with van der Waals surface area (Å²) in [5.74, 6) is 2.20. The third-order valence-electron chi connectivity index (χ3n) is 4.44. The largest absolute Gasteiger partial charge is 0.376 e. The summed E-state index contributed by atoms with van der Waals surface area (Å²) in [4.78, 5) is 12.1. The number of carbonyl (C=O) groups excluding carboxylic acids is 1. The Bertz CT molecular complexity index is 528. The summed E-state index contributed by atoms with van der Waals surface area (Å²) in [5, 5.41) is 3.83. The number of ether oxygens (including phenoxy) is 1. The molecule has 3 rings (SSSR count). The van der Waals surface area contributed by atoms with E-state index in [-0.39, 0.29) is 5.91 Å². The smallest absolute Gasteiger partial charge is 0.224 e. The van der Waals surface area contributed by atoms with E-state index < -0.39 is 0 Å². The molecule has 1 amide bonds. The second kappa shape index (κ2) is 9.73. The lowest BCUT2D eigenvalue weighted by Gasteiger charge is -2.09. The zero-order valence-electron chi connectivity index (χ0n) is 14.2. The third kappa shape index (κ3) is 6.69. The molecule has 0 spiro atoms. The van der Waals surface area contributed by atoms with Crippen LogP contribution in [0.25, 0.3) is 0 Å². The van der Waals surface area contributed by atoms with Crippen molar-refractivity contribution in [2.24, 2.45) is 5.92 Å². The Morgan fingerprint density at radius 1 is 1.25 bits per heavy atom. The Hall–Kier alpha value is -0.650. The molecule has 1 heterocycles. The number of carbonyl (C=O) groups is 1. The van der Waals surface area contributed by atoms with Gasteiger partial charge in [-0.2, -0.15) is 0 Å². The van der Waals surface area contributed by atoms with Gasteiger partial charge in [0.1, 0.15) is 0 Å². The van der Waals surface area contributed by atoms with Crippen LogP contribution in [-0.4, -0.2) is 23.5 Å². The molecule has 2 aliphatic rings. The molecule has 1 aliphatic heterocycles. The molecular formula is C19H27NO2S2. The zero-order chi connectivity index (χ0) is 16.6. The zero-order valence-corrected chi connectivity index (χ0v) is 15.8. The molecule has 1 aliphatic carbocycles. The van der Waals surface area contributed by atoms with Crippen LogP contribution in [0.3, 0.4) is 0 Å². The molecule has 1 atom stereocenters. The van der Waals surface area contributed by atoms with Gasteiger partial charge in [0.2, 0.25) is 5.91 Å². The lowest BCUT2D eigenvalue weighted by molar-refractivity contribution is -0.116. The summed E-state index contributed by atoms with van der Waals surface area (Å²) >= 11 is 0. The molecule has 3 nitrogen and oxygen atoms in total. The number of anilines is 1. The highest BCUT2D eigenvalue weighted by atomic mass is 33.1. The number of nitrogens with one attached hydrogen (secondary N) is 1. The van der Waals surface area contributed by atoms with Crippen LogP contribution < -0.4 is 5.32 Å². The molecule has 2 fully saturated rings. The number of benzene rings is 1. The molecule has 0 radical (unpaired) electrons. The average molecular weight is 366 g/mol. The monoisotopic (exact) mass is 365 g/mol. The van der Waals surface area contributed by atoms with Gasteiger partial charge in [0.05, 0.1) is 6.61 Å². The van der Waals surface area contributed by atoms with E-state index in [1.807, 2.05) is 39.8 Å². The van der Waals surface area contributed by atoms with Crippen LogP contribution in [0.5, 0.6) is 0 Å². The molecule has 132 valence electrons. The highest BCUT2D eigenvalue weighted by Crippen LogP contribution is 2.39. The van der Waals surface area contributed by atoms with Crippen molar-refractivity contribution < 1.29 is 9.53 Å². The summed E-state index contributed by atoms with van der Waals surface area (Å²) in [6, 6.07) is 8.02. The molecule has 0 aromatic heterocycles. The lowest BCUT2D eigenvalue weighted by atomic mass is 10.1. The van der Waals surface area contributed by atoms with Crippen molar-refractivity contribution in [1.29, 1.82) is 0 Å². The van der Waals surface area contributed by atoms with Gasteiger partial charge in [-0.1, -0.05) is 40.1 Å². The average Bonchev–Trinajstić information content (AvgIpc) is 3.25. The van der Waals surface area contributed by atoms with Gasteiger partial charge in [0.15, 0.2) is 0 Å². The van der Waals surface area contributed by atoms with Gasteiger partial charge in [-0.05, 0) is 55.7 Å². The van der Waals surface area contributed by atoms with Crippen molar-refractivity contribution in [3.8, 4) is 0 Å². The standard InChI is InChI=1S/C19H27NO2S2/c21-19(7-2-1-6-18-10-11-23-24-18)20-17-5-3-4-16(12-17)14-22-13-15-8-9-15/h3-5,12,15,18H,1-2,6-11,13-14H2,(H,20,21). The highest BCUT2D eigenvalue weighted by Gasteiger charge is 2.21. The Morgan fingerprint density at radius 3 is 2.96 bits per heavy atom. The van der Waals surface area contributed by atoms with Crippen molar-refractivity contribution in [3.05, 3.63) is 29.8 Å². The molecule has 0 bridgehead atoms. The minimum Gasteiger partial charge on any atom is -0.376 e. The molecule has 1 aromatic carbocycles. The minimum absolute atomic E-state index is 0.125. The van der Waals surface area contributed by atoms with E-state index in [0.717, 1.165) is 41.9 Å². The maximum absolute atomic E-state index is 12.1. The summed E-state index contributed by atoms with van der Waals surface area (Å²) in [6.45, 7) is 1.51. The van der Waals surface area contributed by atoms with Crippen LogP contribution >= 0.6 is 21.6 Å². The van der Waals surface area contributed by atoms with E-state index in [0.29, 0.717) is 13.0 Å². The van der Waals surface area contributed by atoms with Crippen LogP contribution in [0.2, 0.25) is 0 Å². The topological polar surface area (TPSA) is 38.3 Å². The van der Waals surface area contributed by atoms with E-state index in [2.05, 4.69) is 11.4 Å². The predicted octanol–water partition coefficient (Wildman–Crippen LogP) is 5.27. The first kappa shape index (κ1) is 18.2. The van der Waals surface area contributed by atoms with Crippen LogP contribution in [-0.2, 0) is 16.1 Å². The van der Waals surface area contributed by atoms with Gasteiger partial charge < -0.3 is 10.1 Å². The highest BCUT2D eigenvalue weighted by molar-refractivity contribution is 8.77. The van der Waals surface area contributed by atoms with E-state index in [4.69, 9.17) is 4.74 Å². The van der Waals surface area contributed by atoms with Gasteiger partial charge in [0, 0.05) is 29.7 Å². The molecular weight excluding hydrogens is 338 g/mol. The SMILES string of the molecule is O=C(CCCCC1CCSS1)Nc1cccc(COCC2CC2)c1. The number of hydrogen-bond acceptors (Lipinski definition) is 4. The number of rotatable bonds is 10. The van der Waals surface area contributed by atoms with Gasteiger partial charge in [0.25, 0.3) is 0 Å².